The average molecular weight is 335 g/mol. The Morgan fingerprint density at radius 2 is 1.29 bits per heavy atom. The summed E-state index contributed by atoms with van der Waals surface area (Å²) in [5, 5.41) is 8.81. The van der Waals surface area contributed by atoms with Crippen LogP contribution in [0.15, 0.2) is 83.8 Å². The van der Waals surface area contributed by atoms with Crippen molar-refractivity contribution in [3.63, 3.8) is 0 Å². The Bertz CT molecular complexity index is 972. The van der Waals surface area contributed by atoms with Crippen molar-refractivity contribution < 1.29 is 12.6 Å². The molecule has 3 aromatic carbocycles. The number of nitriles is 1. The molecule has 3 aromatic rings. The number of hydrogen-bond donors (Lipinski definition) is 0. The molecule has 24 heavy (non-hydrogen) atoms. The molecule has 0 aromatic heterocycles. The van der Waals surface area contributed by atoms with Crippen LogP contribution in [0.2, 0.25) is 0 Å². The van der Waals surface area contributed by atoms with Gasteiger partial charge in [0.15, 0.2) is 0 Å². The van der Waals surface area contributed by atoms with Crippen molar-refractivity contribution in [2.24, 2.45) is 0 Å². The fraction of sp³-hybridized carbons (Fsp3) is 0. The van der Waals surface area contributed by atoms with Crippen molar-refractivity contribution in [2.45, 2.75) is 4.90 Å². The highest BCUT2D eigenvalue weighted by molar-refractivity contribution is 7.87. The Labute approximate surface area is 140 Å². The summed E-state index contributed by atoms with van der Waals surface area (Å²) in [4.78, 5) is 0.112. The van der Waals surface area contributed by atoms with E-state index >= 15 is 0 Å². The molecular formula is C19H13NO3S. The summed E-state index contributed by atoms with van der Waals surface area (Å²) in [7, 11) is -3.84. The van der Waals surface area contributed by atoms with E-state index in [2.05, 4.69) is 6.07 Å². The summed E-state index contributed by atoms with van der Waals surface area (Å²) >= 11 is 0. The minimum atomic E-state index is -3.84. The first kappa shape index (κ1) is 15.8. The lowest BCUT2D eigenvalue weighted by atomic mass is 10.0. The van der Waals surface area contributed by atoms with Crippen LogP contribution in [0.3, 0.4) is 0 Å². The maximum absolute atomic E-state index is 12.2. The van der Waals surface area contributed by atoms with Gasteiger partial charge in [0.2, 0.25) is 0 Å². The molecule has 0 fully saturated rings. The zero-order valence-electron chi connectivity index (χ0n) is 12.6. The van der Waals surface area contributed by atoms with Gasteiger partial charge in [-0.1, -0.05) is 42.5 Å². The molecule has 0 N–H and O–H groups in total. The first-order valence-electron chi connectivity index (χ1n) is 7.19. The quantitative estimate of drug-likeness (QED) is 0.676. The summed E-state index contributed by atoms with van der Waals surface area (Å²) in [6.45, 7) is 0. The molecule has 0 saturated heterocycles. The molecule has 0 atom stereocenters. The molecule has 0 radical (unpaired) electrons. The molecule has 0 amide bonds. The van der Waals surface area contributed by atoms with Crippen LogP contribution >= 0.6 is 0 Å². The number of hydrogen-bond acceptors (Lipinski definition) is 4. The lowest BCUT2D eigenvalue weighted by Gasteiger charge is -2.08. The molecule has 0 saturated carbocycles. The molecule has 0 heterocycles. The Kier molecular flexibility index (Phi) is 4.32. The van der Waals surface area contributed by atoms with Crippen LogP contribution in [0.25, 0.3) is 11.1 Å². The van der Waals surface area contributed by atoms with Crippen LogP contribution in [0.1, 0.15) is 5.56 Å². The average Bonchev–Trinajstić information content (AvgIpc) is 2.63. The molecule has 5 heteroatoms. The van der Waals surface area contributed by atoms with Gasteiger partial charge in [-0.05, 0) is 47.5 Å². The van der Waals surface area contributed by atoms with Crippen molar-refractivity contribution in [1.82, 2.24) is 0 Å². The smallest absolute Gasteiger partial charge is 0.339 e. The number of rotatable bonds is 4. The topological polar surface area (TPSA) is 67.2 Å². The minimum Gasteiger partial charge on any atom is -0.379 e. The highest BCUT2D eigenvalue weighted by atomic mass is 32.2. The van der Waals surface area contributed by atoms with E-state index in [0.717, 1.165) is 11.1 Å². The predicted molar refractivity (Wildman–Crippen MR) is 90.8 cm³/mol. The molecule has 0 aliphatic heterocycles. The van der Waals surface area contributed by atoms with Crippen molar-refractivity contribution >= 4 is 10.1 Å². The third-order valence-corrected chi connectivity index (χ3v) is 4.70. The summed E-state index contributed by atoms with van der Waals surface area (Å²) in [5.41, 5.74) is 2.43. The molecule has 0 aliphatic rings. The molecule has 0 unspecified atom stereocenters. The summed E-state index contributed by atoms with van der Waals surface area (Å²) in [6.07, 6.45) is 0. The van der Waals surface area contributed by atoms with Crippen molar-refractivity contribution in [2.75, 3.05) is 0 Å². The zero-order chi connectivity index (χ0) is 17.0. The van der Waals surface area contributed by atoms with Gasteiger partial charge < -0.3 is 4.18 Å². The largest absolute Gasteiger partial charge is 0.379 e. The Hall–Kier alpha value is -3.10. The maximum atomic E-state index is 12.2. The molecule has 0 aliphatic carbocycles. The molecule has 4 nitrogen and oxygen atoms in total. The first-order chi connectivity index (χ1) is 11.6. The zero-order valence-corrected chi connectivity index (χ0v) is 13.4. The van der Waals surface area contributed by atoms with E-state index in [1.807, 2.05) is 12.1 Å². The summed E-state index contributed by atoms with van der Waals surface area (Å²) < 4.78 is 29.5. The van der Waals surface area contributed by atoms with E-state index in [0.29, 0.717) is 5.56 Å². The molecule has 0 bridgehead atoms. The fourth-order valence-corrected chi connectivity index (χ4v) is 3.15. The van der Waals surface area contributed by atoms with Crippen LogP contribution < -0.4 is 4.18 Å². The SMILES string of the molecule is N#Cc1ccc(-c2ccc(OS(=O)(=O)c3ccccc3)cc2)cc1. The first-order valence-corrected chi connectivity index (χ1v) is 8.59. The van der Waals surface area contributed by atoms with E-state index < -0.39 is 10.1 Å². The van der Waals surface area contributed by atoms with Crippen LogP contribution in [0, 0.1) is 11.3 Å². The second kappa shape index (κ2) is 6.57. The van der Waals surface area contributed by atoms with Gasteiger partial charge >= 0.3 is 10.1 Å². The Balaban J connectivity index is 1.81. The van der Waals surface area contributed by atoms with Crippen LogP contribution in [-0.2, 0) is 10.1 Å². The van der Waals surface area contributed by atoms with Gasteiger partial charge in [-0.15, -0.1) is 0 Å². The van der Waals surface area contributed by atoms with E-state index in [9.17, 15) is 8.42 Å². The monoisotopic (exact) mass is 335 g/mol. The van der Waals surface area contributed by atoms with Crippen molar-refractivity contribution in [3.8, 4) is 22.9 Å². The van der Waals surface area contributed by atoms with Crippen LogP contribution in [-0.4, -0.2) is 8.42 Å². The van der Waals surface area contributed by atoms with Crippen LogP contribution in [0.5, 0.6) is 5.75 Å². The maximum Gasteiger partial charge on any atom is 0.339 e. The highest BCUT2D eigenvalue weighted by Gasteiger charge is 2.15. The lowest BCUT2D eigenvalue weighted by molar-refractivity contribution is 0.486. The summed E-state index contributed by atoms with van der Waals surface area (Å²) in [5.74, 6) is 0.247. The van der Waals surface area contributed by atoms with E-state index in [4.69, 9.17) is 9.44 Å². The lowest BCUT2D eigenvalue weighted by Crippen LogP contribution is -2.09. The normalized spacial score (nSPS) is 10.8. The number of benzene rings is 3. The fourth-order valence-electron chi connectivity index (χ4n) is 2.20. The van der Waals surface area contributed by atoms with Crippen molar-refractivity contribution in [3.05, 3.63) is 84.4 Å². The minimum absolute atomic E-state index is 0.112. The van der Waals surface area contributed by atoms with E-state index in [1.165, 1.54) is 12.1 Å². The molecule has 3 rings (SSSR count). The van der Waals surface area contributed by atoms with Gasteiger partial charge in [0, 0.05) is 0 Å². The molecular weight excluding hydrogens is 322 g/mol. The van der Waals surface area contributed by atoms with Gasteiger partial charge in [0.1, 0.15) is 10.6 Å². The van der Waals surface area contributed by atoms with Gasteiger partial charge in [0.05, 0.1) is 11.6 Å². The van der Waals surface area contributed by atoms with Crippen molar-refractivity contribution in [1.29, 1.82) is 5.26 Å². The van der Waals surface area contributed by atoms with E-state index in [-0.39, 0.29) is 10.6 Å². The van der Waals surface area contributed by atoms with Crippen LogP contribution in [0.4, 0.5) is 0 Å². The van der Waals surface area contributed by atoms with E-state index in [1.54, 1.807) is 54.6 Å². The van der Waals surface area contributed by atoms with Gasteiger partial charge in [-0.2, -0.15) is 13.7 Å². The highest BCUT2D eigenvalue weighted by Crippen LogP contribution is 2.24. The predicted octanol–water partition coefficient (Wildman–Crippen LogP) is 3.99. The summed E-state index contributed by atoms with van der Waals surface area (Å²) in [6, 6.07) is 24.0. The molecule has 0 spiro atoms. The second-order valence-corrected chi connectivity index (χ2v) is 6.61. The Morgan fingerprint density at radius 1 is 0.750 bits per heavy atom. The Morgan fingerprint density at radius 3 is 1.83 bits per heavy atom. The second-order valence-electron chi connectivity index (χ2n) is 5.06. The number of nitrogens with zero attached hydrogens (tertiary/aromatic N) is 1. The van der Waals surface area contributed by atoms with Gasteiger partial charge in [0.25, 0.3) is 0 Å². The third kappa shape index (κ3) is 3.45. The standard InChI is InChI=1S/C19H13NO3S/c20-14-15-6-8-16(9-7-15)17-10-12-18(13-11-17)23-24(21,22)19-4-2-1-3-5-19/h1-13H. The van der Waals surface area contributed by atoms with Gasteiger partial charge in [-0.3, -0.25) is 0 Å². The molecule has 118 valence electrons. The van der Waals surface area contributed by atoms with Gasteiger partial charge in [-0.25, -0.2) is 0 Å². The third-order valence-electron chi connectivity index (χ3n) is 3.44.